The van der Waals surface area contributed by atoms with Crippen molar-refractivity contribution in [3.63, 3.8) is 0 Å². The number of hydrogen-bond acceptors (Lipinski definition) is 5. The molecule has 1 N–H and O–H groups in total. The molecular weight excluding hydrogens is 360 g/mol. The van der Waals surface area contributed by atoms with Gasteiger partial charge in [0.05, 0.1) is 4.92 Å². The third-order valence-corrected chi connectivity index (χ3v) is 5.22. The molecule has 1 amide bonds. The molecule has 1 fully saturated rings. The van der Waals surface area contributed by atoms with Gasteiger partial charge < -0.3 is 10.1 Å². The number of ether oxygens (including phenoxy) is 1. The SMILES string of the molecule is CC(C)C[C@H](NC(=O)C1CCC(C)CC1)C(=O)OCc1ccc([N+](=O)[O-])cc1. The molecule has 0 aliphatic heterocycles. The maximum atomic E-state index is 12.6. The predicted molar refractivity (Wildman–Crippen MR) is 105 cm³/mol. The third kappa shape index (κ3) is 6.62. The van der Waals surface area contributed by atoms with Crippen LogP contribution < -0.4 is 5.32 Å². The van der Waals surface area contributed by atoms with Crippen molar-refractivity contribution >= 4 is 17.6 Å². The molecule has 7 heteroatoms. The first kappa shape index (κ1) is 21.9. The average molecular weight is 390 g/mol. The zero-order valence-electron chi connectivity index (χ0n) is 16.8. The van der Waals surface area contributed by atoms with Gasteiger partial charge >= 0.3 is 5.97 Å². The van der Waals surface area contributed by atoms with E-state index in [1.807, 2.05) is 13.8 Å². The zero-order valence-corrected chi connectivity index (χ0v) is 16.8. The van der Waals surface area contributed by atoms with Crippen molar-refractivity contribution < 1.29 is 19.2 Å². The summed E-state index contributed by atoms with van der Waals surface area (Å²) in [4.78, 5) is 35.4. The van der Waals surface area contributed by atoms with Crippen LogP contribution in [0.25, 0.3) is 0 Å². The summed E-state index contributed by atoms with van der Waals surface area (Å²) in [6.45, 7) is 6.20. The van der Waals surface area contributed by atoms with Gasteiger partial charge in [0, 0.05) is 18.1 Å². The molecule has 0 aromatic heterocycles. The molecule has 7 nitrogen and oxygen atoms in total. The number of carbonyl (C=O) groups is 2. The summed E-state index contributed by atoms with van der Waals surface area (Å²) >= 11 is 0. The molecule has 0 radical (unpaired) electrons. The van der Waals surface area contributed by atoms with E-state index < -0.39 is 16.9 Å². The van der Waals surface area contributed by atoms with E-state index >= 15 is 0 Å². The van der Waals surface area contributed by atoms with Gasteiger partial charge in [-0.1, -0.05) is 20.8 Å². The number of non-ortho nitro benzene ring substituents is 1. The number of nitrogens with zero attached hydrogens (tertiary/aromatic N) is 1. The Morgan fingerprint density at radius 2 is 1.79 bits per heavy atom. The number of rotatable bonds is 8. The van der Waals surface area contributed by atoms with E-state index in [0.29, 0.717) is 17.9 Å². The van der Waals surface area contributed by atoms with Crippen LogP contribution in [0.15, 0.2) is 24.3 Å². The standard InChI is InChI=1S/C21H30N2O5/c1-14(2)12-19(22-20(24)17-8-4-15(3)5-9-17)21(25)28-13-16-6-10-18(11-7-16)23(26)27/h6-7,10-11,14-15,17,19H,4-5,8-9,12-13H2,1-3H3,(H,22,24)/t15?,17?,19-/m0/s1. The fourth-order valence-corrected chi connectivity index (χ4v) is 3.47. The lowest BCUT2D eigenvalue weighted by Gasteiger charge is -2.27. The smallest absolute Gasteiger partial charge is 0.328 e. The van der Waals surface area contributed by atoms with E-state index in [1.54, 1.807) is 12.1 Å². The van der Waals surface area contributed by atoms with Crippen molar-refractivity contribution in [1.29, 1.82) is 0 Å². The molecular formula is C21H30N2O5. The summed E-state index contributed by atoms with van der Waals surface area (Å²) < 4.78 is 5.37. The van der Waals surface area contributed by atoms with Crippen LogP contribution in [0.4, 0.5) is 5.69 Å². The van der Waals surface area contributed by atoms with E-state index in [-0.39, 0.29) is 30.0 Å². The maximum Gasteiger partial charge on any atom is 0.328 e. The molecule has 28 heavy (non-hydrogen) atoms. The highest BCUT2D eigenvalue weighted by atomic mass is 16.6. The van der Waals surface area contributed by atoms with Crippen LogP contribution in [-0.4, -0.2) is 22.8 Å². The highest BCUT2D eigenvalue weighted by Gasteiger charge is 2.29. The minimum absolute atomic E-state index is 0.0122. The first-order valence-corrected chi connectivity index (χ1v) is 9.96. The molecule has 1 atom stereocenters. The lowest BCUT2D eigenvalue weighted by atomic mass is 9.82. The fourth-order valence-electron chi connectivity index (χ4n) is 3.47. The normalized spacial score (nSPS) is 20.4. The van der Waals surface area contributed by atoms with Crippen molar-refractivity contribution in [2.45, 2.75) is 65.5 Å². The Labute approximate surface area is 166 Å². The van der Waals surface area contributed by atoms with Crippen LogP contribution in [0, 0.1) is 27.9 Å². The Hall–Kier alpha value is -2.44. The Morgan fingerprint density at radius 3 is 2.32 bits per heavy atom. The molecule has 154 valence electrons. The molecule has 0 unspecified atom stereocenters. The highest BCUT2D eigenvalue weighted by molar-refractivity contribution is 5.85. The second-order valence-corrected chi connectivity index (χ2v) is 8.18. The number of benzene rings is 1. The minimum atomic E-state index is -0.676. The molecule has 1 aromatic rings. The second-order valence-electron chi connectivity index (χ2n) is 8.18. The van der Waals surface area contributed by atoms with E-state index in [4.69, 9.17) is 4.74 Å². The fraction of sp³-hybridized carbons (Fsp3) is 0.619. The van der Waals surface area contributed by atoms with Gasteiger partial charge in [-0.25, -0.2) is 4.79 Å². The number of nitro benzene ring substituents is 1. The lowest BCUT2D eigenvalue weighted by molar-refractivity contribution is -0.384. The van der Waals surface area contributed by atoms with Gasteiger partial charge in [0.15, 0.2) is 0 Å². The summed E-state index contributed by atoms with van der Waals surface area (Å²) in [5, 5.41) is 13.6. The lowest BCUT2D eigenvalue weighted by Crippen LogP contribution is -2.45. The van der Waals surface area contributed by atoms with Gasteiger partial charge in [0.25, 0.3) is 5.69 Å². The summed E-state index contributed by atoms with van der Waals surface area (Å²) in [6.07, 6.45) is 4.31. The van der Waals surface area contributed by atoms with Crippen LogP contribution in [-0.2, 0) is 20.9 Å². The Bertz CT molecular complexity index is 679. The van der Waals surface area contributed by atoms with E-state index in [1.165, 1.54) is 12.1 Å². The summed E-state index contributed by atoms with van der Waals surface area (Å²) in [5.74, 6) is 0.313. The van der Waals surface area contributed by atoms with E-state index in [9.17, 15) is 19.7 Å². The second kappa shape index (κ2) is 10.2. The van der Waals surface area contributed by atoms with Gasteiger partial charge in [-0.2, -0.15) is 0 Å². The number of amides is 1. The summed E-state index contributed by atoms with van der Waals surface area (Å²) in [5.41, 5.74) is 0.650. The quantitative estimate of drug-likeness (QED) is 0.411. The number of carbonyl (C=O) groups excluding carboxylic acids is 2. The number of nitrogens with one attached hydrogen (secondary N) is 1. The Balaban J connectivity index is 1.92. The van der Waals surface area contributed by atoms with Crippen molar-refractivity contribution in [3.05, 3.63) is 39.9 Å². The van der Waals surface area contributed by atoms with Crippen LogP contribution in [0.3, 0.4) is 0 Å². The first-order chi connectivity index (χ1) is 13.3. The zero-order chi connectivity index (χ0) is 20.7. The van der Waals surface area contributed by atoms with Gasteiger partial charge in [-0.15, -0.1) is 0 Å². The third-order valence-electron chi connectivity index (χ3n) is 5.22. The molecule has 2 rings (SSSR count). The van der Waals surface area contributed by atoms with Crippen molar-refractivity contribution in [1.82, 2.24) is 5.32 Å². The summed E-state index contributed by atoms with van der Waals surface area (Å²) in [7, 11) is 0. The topological polar surface area (TPSA) is 98.5 Å². The van der Waals surface area contributed by atoms with Crippen molar-refractivity contribution in [3.8, 4) is 0 Å². The van der Waals surface area contributed by atoms with E-state index in [2.05, 4.69) is 12.2 Å². The number of hydrogen-bond donors (Lipinski definition) is 1. The summed E-state index contributed by atoms with van der Waals surface area (Å²) in [6, 6.07) is 5.20. The van der Waals surface area contributed by atoms with Gasteiger partial charge in [0.2, 0.25) is 5.91 Å². The largest absolute Gasteiger partial charge is 0.459 e. The first-order valence-electron chi connectivity index (χ1n) is 9.96. The van der Waals surface area contributed by atoms with Crippen LogP contribution in [0.5, 0.6) is 0 Å². The average Bonchev–Trinajstić information content (AvgIpc) is 2.66. The molecule has 0 heterocycles. The molecule has 1 aromatic carbocycles. The Morgan fingerprint density at radius 1 is 1.18 bits per heavy atom. The molecule has 0 spiro atoms. The van der Waals surface area contributed by atoms with Crippen LogP contribution in [0.2, 0.25) is 0 Å². The van der Waals surface area contributed by atoms with Gasteiger partial charge in [-0.05, 0) is 61.6 Å². The molecule has 0 saturated heterocycles. The maximum absolute atomic E-state index is 12.6. The number of esters is 1. The molecule has 1 aliphatic rings. The minimum Gasteiger partial charge on any atom is -0.459 e. The van der Waals surface area contributed by atoms with Crippen LogP contribution >= 0.6 is 0 Å². The Kier molecular flexibility index (Phi) is 7.96. The molecule has 1 aliphatic carbocycles. The van der Waals surface area contributed by atoms with Gasteiger partial charge in [0.1, 0.15) is 12.6 Å². The number of nitro groups is 1. The van der Waals surface area contributed by atoms with Gasteiger partial charge in [-0.3, -0.25) is 14.9 Å². The molecule has 0 bridgehead atoms. The van der Waals surface area contributed by atoms with Crippen molar-refractivity contribution in [2.24, 2.45) is 17.8 Å². The van der Waals surface area contributed by atoms with Crippen molar-refractivity contribution in [2.75, 3.05) is 0 Å². The predicted octanol–water partition coefficient (Wildman–Crippen LogP) is 4.00. The molecule has 1 saturated carbocycles. The van der Waals surface area contributed by atoms with Crippen LogP contribution in [0.1, 0.15) is 58.4 Å². The van der Waals surface area contributed by atoms with E-state index in [0.717, 1.165) is 25.7 Å². The monoisotopic (exact) mass is 390 g/mol. The highest BCUT2D eigenvalue weighted by Crippen LogP contribution is 2.28.